The quantitative estimate of drug-likeness (QED) is 0.530. The van der Waals surface area contributed by atoms with Crippen LogP contribution in [0.1, 0.15) is 39.4 Å². The van der Waals surface area contributed by atoms with Gasteiger partial charge in [-0.1, -0.05) is 30.3 Å². The van der Waals surface area contributed by atoms with Gasteiger partial charge in [-0.25, -0.2) is 0 Å². The van der Waals surface area contributed by atoms with Gasteiger partial charge in [0, 0.05) is 42.0 Å². The number of rotatable bonds is 5. The number of nitrogens with zero attached hydrogens (tertiary/aromatic N) is 3. The molecule has 4 heterocycles. The predicted molar refractivity (Wildman–Crippen MR) is 138 cm³/mol. The first-order valence-corrected chi connectivity index (χ1v) is 13.7. The zero-order valence-corrected chi connectivity index (χ0v) is 21.4. The van der Waals surface area contributed by atoms with E-state index in [4.69, 9.17) is 0 Å². The van der Waals surface area contributed by atoms with Crippen LogP contribution in [-0.4, -0.2) is 65.3 Å². The van der Waals surface area contributed by atoms with Gasteiger partial charge in [0.2, 0.25) is 11.8 Å². The van der Waals surface area contributed by atoms with Gasteiger partial charge in [0.25, 0.3) is 0 Å². The first kappa shape index (κ1) is 23.3. The molecule has 2 aliphatic heterocycles. The van der Waals surface area contributed by atoms with E-state index in [1.54, 1.807) is 11.3 Å². The molecule has 1 fully saturated rings. The Bertz CT molecular complexity index is 1160. The summed E-state index contributed by atoms with van der Waals surface area (Å²) in [5.74, 6) is 0.317. The number of carbonyl (C=O) groups excluding carboxylic acids is 2. The molecule has 0 unspecified atom stereocenters. The van der Waals surface area contributed by atoms with E-state index in [0.29, 0.717) is 32.6 Å². The molecule has 5 rings (SSSR count). The monoisotopic (exact) mass is 493 g/mol. The minimum Gasteiger partial charge on any atom is -0.338 e. The van der Waals surface area contributed by atoms with Crippen molar-refractivity contribution in [3.05, 3.63) is 79.7 Å². The van der Waals surface area contributed by atoms with Crippen LogP contribution >= 0.6 is 22.7 Å². The molecule has 1 saturated heterocycles. The van der Waals surface area contributed by atoms with Crippen molar-refractivity contribution in [2.45, 2.75) is 38.8 Å². The molecule has 178 valence electrons. The van der Waals surface area contributed by atoms with Gasteiger partial charge >= 0.3 is 0 Å². The van der Waals surface area contributed by atoms with Crippen LogP contribution in [-0.2, 0) is 22.4 Å². The largest absolute Gasteiger partial charge is 0.338 e. The zero-order valence-electron chi connectivity index (χ0n) is 19.8. The second-order valence-electron chi connectivity index (χ2n) is 9.31. The van der Waals surface area contributed by atoms with E-state index in [2.05, 4.69) is 54.5 Å². The average Bonchev–Trinajstić information content (AvgIpc) is 3.51. The lowest BCUT2D eigenvalue weighted by molar-refractivity contribution is -0.143. The molecule has 0 radical (unpaired) electrons. The number of fused-ring (bicyclic) bond motifs is 1. The van der Waals surface area contributed by atoms with Crippen LogP contribution in [0.4, 0.5) is 0 Å². The van der Waals surface area contributed by atoms with Crippen LogP contribution in [0, 0.1) is 6.92 Å². The average molecular weight is 494 g/mol. The molecule has 5 nitrogen and oxygen atoms in total. The Labute approximate surface area is 209 Å². The van der Waals surface area contributed by atoms with Crippen LogP contribution in [0.25, 0.3) is 0 Å². The third-order valence-electron chi connectivity index (χ3n) is 7.09. The molecular formula is C27H31N3O2S2. The molecule has 2 aromatic heterocycles. The summed E-state index contributed by atoms with van der Waals surface area (Å²) in [4.78, 5) is 35.0. The van der Waals surface area contributed by atoms with Crippen molar-refractivity contribution in [1.29, 1.82) is 0 Å². The summed E-state index contributed by atoms with van der Waals surface area (Å²) < 4.78 is 0. The van der Waals surface area contributed by atoms with Gasteiger partial charge in [-0.2, -0.15) is 0 Å². The van der Waals surface area contributed by atoms with Crippen molar-refractivity contribution >= 4 is 34.5 Å². The molecule has 0 N–H and O–H groups in total. The molecule has 2 aliphatic rings. The van der Waals surface area contributed by atoms with Crippen LogP contribution in [0.5, 0.6) is 0 Å². The Hall–Kier alpha value is -2.48. The minimum absolute atomic E-state index is 0.0298. The van der Waals surface area contributed by atoms with Gasteiger partial charge in [-0.3, -0.25) is 14.5 Å². The number of hydrogen-bond donors (Lipinski definition) is 0. The van der Waals surface area contributed by atoms with Crippen LogP contribution in [0.3, 0.4) is 0 Å². The maximum atomic E-state index is 13.4. The highest BCUT2D eigenvalue weighted by Crippen LogP contribution is 2.38. The summed E-state index contributed by atoms with van der Waals surface area (Å²) in [5, 5.41) is 4.18. The lowest BCUT2D eigenvalue weighted by Crippen LogP contribution is -2.57. The topological polar surface area (TPSA) is 43.9 Å². The fraction of sp³-hybridized carbons (Fsp3) is 0.407. The Morgan fingerprint density at radius 3 is 2.56 bits per heavy atom. The van der Waals surface area contributed by atoms with Gasteiger partial charge < -0.3 is 9.80 Å². The van der Waals surface area contributed by atoms with Crippen LogP contribution in [0.2, 0.25) is 0 Å². The summed E-state index contributed by atoms with van der Waals surface area (Å²) >= 11 is 3.44. The second-order valence-corrected chi connectivity index (χ2v) is 11.3. The third-order valence-corrected chi connectivity index (χ3v) is 8.97. The molecule has 3 aromatic rings. The number of aryl methyl sites for hydroxylation is 1. The van der Waals surface area contributed by atoms with Crippen molar-refractivity contribution in [2.75, 3.05) is 32.7 Å². The highest BCUT2D eigenvalue weighted by molar-refractivity contribution is 7.10. The Balaban J connectivity index is 1.27. The number of hydrogen-bond acceptors (Lipinski definition) is 5. The smallest absolute Gasteiger partial charge is 0.236 e. The Morgan fingerprint density at radius 1 is 0.941 bits per heavy atom. The third kappa shape index (κ3) is 4.69. The van der Waals surface area contributed by atoms with Crippen molar-refractivity contribution in [2.24, 2.45) is 0 Å². The number of piperazine rings is 1. The summed E-state index contributed by atoms with van der Waals surface area (Å²) in [6.07, 6.45) is 1.44. The molecule has 2 atom stereocenters. The van der Waals surface area contributed by atoms with Gasteiger partial charge in [-0.15, -0.1) is 22.7 Å². The zero-order chi connectivity index (χ0) is 23.7. The number of thiophene rings is 2. The van der Waals surface area contributed by atoms with E-state index >= 15 is 0 Å². The fourth-order valence-electron chi connectivity index (χ4n) is 5.29. The summed E-state index contributed by atoms with van der Waals surface area (Å²) in [7, 11) is 0. The molecule has 2 amide bonds. The summed E-state index contributed by atoms with van der Waals surface area (Å²) in [6, 6.07) is 14.9. The molecule has 0 bridgehead atoms. The summed E-state index contributed by atoms with van der Waals surface area (Å²) in [6.45, 7) is 7.31. The lowest BCUT2D eigenvalue weighted by atomic mass is 9.90. The molecular weight excluding hydrogens is 462 g/mol. The number of amides is 2. The molecule has 0 spiro atoms. The number of carbonyl (C=O) groups is 2. The molecule has 1 aromatic carbocycles. The fourth-order valence-corrected chi connectivity index (χ4v) is 6.89. The second kappa shape index (κ2) is 10.0. The summed E-state index contributed by atoms with van der Waals surface area (Å²) in [5.41, 5.74) is 3.89. The van der Waals surface area contributed by atoms with E-state index in [1.807, 2.05) is 38.6 Å². The highest BCUT2D eigenvalue weighted by atomic mass is 32.1. The minimum atomic E-state index is 0.0298. The van der Waals surface area contributed by atoms with E-state index in [-0.39, 0.29) is 23.9 Å². The maximum Gasteiger partial charge on any atom is 0.236 e. The normalized spacial score (nSPS) is 20.9. The molecule has 7 heteroatoms. The van der Waals surface area contributed by atoms with Gasteiger partial charge in [0.15, 0.2) is 0 Å². The molecule has 0 saturated carbocycles. The van der Waals surface area contributed by atoms with Gasteiger partial charge in [0.05, 0.1) is 19.0 Å². The van der Waals surface area contributed by atoms with Crippen molar-refractivity contribution in [1.82, 2.24) is 14.7 Å². The van der Waals surface area contributed by atoms with Crippen LogP contribution < -0.4 is 0 Å². The van der Waals surface area contributed by atoms with E-state index in [0.717, 1.165) is 17.8 Å². The van der Waals surface area contributed by atoms with Crippen LogP contribution in [0.15, 0.2) is 53.2 Å². The first-order chi connectivity index (χ1) is 16.5. The number of benzene rings is 1. The highest BCUT2D eigenvalue weighted by Gasteiger charge is 2.34. The van der Waals surface area contributed by atoms with E-state index in [1.165, 1.54) is 21.6 Å². The molecule has 0 aliphatic carbocycles. The van der Waals surface area contributed by atoms with Gasteiger partial charge in [-0.05, 0) is 59.9 Å². The SMILES string of the molecule is Cc1ccccc1[C@H]1c2ccsc2CCN1CC(=O)N1CCN(C(=O)Cc2cccs2)[C@@H](C)C1. The van der Waals surface area contributed by atoms with E-state index < -0.39 is 0 Å². The van der Waals surface area contributed by atoms with Crippen molar-refractivity contribution in [3.63, 3.8) is 0 Å². The van der Waals surface area contributed by atoms with E-state index in [9.17, 15) is 9.59 Å². The maximum absolute atomic E-state index is 13.4. The molecule has 34 heavy (non-hydrogen) atoms. The Morgan fingerprint density at radius 2 is 1.79 bits per heavy atom. The predicted octanol–water partition coefficient (Wildman–Crippen LogP) is 4.37. The van der Waals surface area contributed by atoms with Crippen molar-refractivity contribution in [3.8, 4) is 0 Å². The Kier molecular flexibility index (Phi) is 6.86. The van der Waals surface area contributed by atoms with Crippen molar-refractivity contribution < 1.29 is 9.59 Å². The lowest BCUT2D eigenvalue weighted by Gasteiger charge is -2.42. The first-order valence-electron chi connectivity index (χ1n) is 12.0. The van der Waals surface area contributed by atoms with Gasteiger partial charge in [0.1, 0.15) is 0 Å². The standard InChI is InChI=1S/C27H31N3O2S2/c1-19-6-3-4-8-22(19)27-23-10-15-34-24(23)9-11-29(27)18-26(32)28-12-13-30(20(2)17-28)25(31)16-21-7-5-14-33-21/h3-8,10,14-15,20,27H,9,11-13,16-18H2,1-2H3/t20-,27-/m0/s1.